The standard InChI is InChI=1S/C23H23N5O6/c1-3-34-23(32)27-18-8-15(10-24-11-18)4-6-17(26-22(31)25-14-29)13-28-12-16-5-7-19(33-2)9-20(16)21(28)30/h5,7-11,14,17H,3,12-13H2,1-2H3,(H,27,32)(H2,25,26,29,31)/t17-/m1/s1. The monoisotopic (exact) mass is 465 g/mol. The zero-order valence-electron chi connectivity index (χ0n) is 18.6. The molecule has 0 bridgehead atoms. The summed E-state index contributed by atoms with van der Waals surface area (Å²) in [6.45, 7) is 2.33. The van der Waals surface area contributed by atoms with Gasteiger partial charge in [-0.3, -0.25) is 25.2 Å². The van der Waals surface area contributed by atoms with Crippen molar-refractivity contribution in [2.24, 2.45) is 0 Å². The minimum Gasteiger partial charge on any atom is -0.497 e. The zero-order valence-corrected chi connectivity index (χ0v) is 18.6. The van der Waals surface area contributed by atoms with Crippen LogP contribution in [0.5, 0.6) is 5.75 Å². The van der Waals surface area contributed by atoms with Crippen molar-refractivity contribution in [1.82, 2.24) is 20.5 Å². The van der Waals surface area contributed by atoms with Crippen LogP contribution in [0.25, 0.3) is 0 Å². The molecule has 0 fully saturated rings. The van der Waals surface area contributed by atoms with Crippen molar-refractivity contribution < 1.29 is 28.7 Å². The van der Waals surface area contributed by atoms with Crippen molar-refractivity contribution >= 4 is 30.1 Å². The van der Waals surface area contributed by atoms with E-state index in [9.17, 15) is 19.2 Å². The number of carbonyl (C=O) groups excluding carboxylic acids is 4. The molecule has 5 amide bonds. The fourth-order valence-electron chi connectivity index (χ4n) is 3.25. The second kappa shape index (κ2) is 11.3. The molecule has 2 heterocycles. The Hall–Kier alpha value is -4.59. The van der Waals surface area contributed by atoms with E-state index in [1.165, 1.54) is 19.5 Å². The van der Waals surface area contributed by atoms with E-state index in [-0.39, 0.29) is 25.5 Å². The van der Waals surface area contributed by atoms with Crippen molar-refractivity contribution in [2.75, 3.05) is 25.6 Å². The normalized spacial score (nSPS) is 12.5. The molecule has 3 N–H and O–H groups in total. The molecule has 0 spiro atoms. The number of aromatic nitrogens is 1. The molecule has 11 nitrogen and oxygen atoms in total. The number of rotatable bonds is 7. The van der Waals surface area contributed by atoms with Gasteiger partial charge in [0.25, 0.3) is 5.91 Å². The quantitative estimate of drug-likeness (QED) is 0.416. The molecule has 0 saturated carbocycles. The molecule has 176 valence electrons. The van der Waals surface area contributed by atoms with Crippen LogP contribution in [0.15, 0.2) is 36.7 Å². The Balaban J connectivity index is 1.77. The topological polar surface area (TPSA) is 139 Å². The summed E-state index contributed by atoms with van der Waals surface area (Å²) in [6.07, 6.45) is 2.54. The molecule has 1 aliphatic rings. The maximum Gasteiger partial charge on any atom is 0.411 e. The zero-order chi connectivity index (χ0) is 24.5. The number of methoxy groups -OCH3 is 1. The highest BCUT2D eigenvalue weighted by atomic mass is 16.5. The highest BCUT2D eigenvalue weighted by molar-refractivity contribution is 5.98. The summed E-state index contributed by atoms with van der Waals surface area (Å²) in [7, 11) is 1.52. The third-order valence-corrected chi connectivity index (χ3v) is 4.74. The van der Waals surface area contributed by atoms with Gasteiger partial charge in [0, 0.05) is 23.9 Å². The van der Waals surface area contributed by atoms with Crippen LogP contribution in [0.4, 0.5) is 15.3 Å². The van der Waals surface area contributed by atoms with Crippen LogP contribution in [0, 0.1) is 11.8 Å². The number of hydrogen-bond acceptors (Lipinski definition) is 7. The van der Waals surface area contributed by atoms with Gasteiger partial charge in [0.15, 0.2) is 0 Å². The summed E-state index contributed by atoms with van der Waals surface area (Å²) in [5.74, 6) is 6.11. The molecule has 11 heteroatoms. The van der Waals surface area contributed by atoms with Crippen molar-refractivity contribution in [2.45, 2.75) is 19.5 Å². The number of benzene rings is 1. The Labute approximate surface area is 195 Å². The maximum absolute atomic E-state index is 12.9. The predicted octanol–water partition coefficient (Wildman–Crippen LogP) is 1.49. The lowest BCUT2D eigenvalue weighted by Crippen LogP contribution is -2.46. The number of hydrogen-bond donors (Lipinski definition) is 3. The molecule has 1 aromatic carbocycles. The Morgan fingerprint density at radius 1 is 1.29 bits per heavy atom. The molecule has 1 aliphatic heterocycles. The fourth-order valence-corrected chi connectivity index (χ4v) is 3.25. The fraction of sp³-hybridized carbons (Fsp3) is 0.261. The molecule has 34 heavy (non-hydrogen) atoms. The lowest BCUT2D eigenvalue weighted by atomic mass is 10.1. The highest BCUT2D eigenvalue weighted by Gasteiger charge is 2.29. The molecular weight excluding hydrogens is 442 g/mol. The first-order chi connectivity index (χ1) is 16.4. The molecule has 0 unspecified atom stereocenters. The number of pyridine rings is 1. The van der Waals surface area contributed by atoms with E-state index in [4.69, 9.17) is 9.47 Å². The molecule has 2 aromatic rings. The van der Waals surface area contributed by atoms with Crippen LogP contribution < -0.4 is 20.7 Å². The number of carbonyl (C=O) groups is 4. The Bertz CT molecular complexity index is 1160. The Morgan fingerprint density at radius 2 is 2.12 bits per heavy atom. The van der Waals surface area contributed by atoms with E-state index >= 15 is 0 Å². The van der Waals surface area contributed by atoms with Crippen molar-refractivity contribution in [3.05, 3.63) is 53.3 Å². The van der Waals surface area contributed by atoms with E-state index in [0.29, 0.717) is 29.1 Å². The summed E-state index contributed by atoms with van der Waals surface area (Å²) in [4.78, 5) is 52.6. The summed E-state index contributed by atoms with van der Waals surface area (Å²) in [6, 6.07) is 5.28. The number of ether oxygens (including phenoxy) is 2. The third-order valence-electron chi connectivity index (χ3n) is 4.74. The first-order valence-electron chi connectivity index (χ1n) is 10.3. The number of urea groups is 1. The van der Waals surface area contributed by atoms with Crippen LogP contribution >= 0.6 is 0 Å². The summed E-state index contributed by atoms with van der Waals surface area (Å²) in [5, 5.41) is 7.09. The third kappa shape index (κ3) is 6.23. The summed E-state index contributed by atoms with van der Waals surface area (Å²) in [5.41, 5.74) is 2.19. The largest absolute Gasteiger partial charge is 0.497 e. The highest BCUT2D eigenvalue weighted by Crippen LogP contribution is 2.26. The summed E-state index contributed by atoms with van der Waals surface area (Å²) < 4.78 is 10.0. The molecular formula is C23H23N5O6. The number of nitrogens with zero attached hydrogens (tertiary/aromatic N) is 2. The van der Waals surface area contributed by atoms with Gasteiger partial charge in [-0.25, -0.2) is 9.59 Å². The van der Waals surface area contributed by atoms with Gasteiger partial charge in [0.2, 0.25) is 6.41 Å². The Morgan fingerprint density at radius 3 is 2.85 bits per heavy atom. The Kier molecular flexibility index (Phi) is 8.02. The molecule has 1 aromatic heterocycles. The second-order valence-corrected chi connectivity index (χ2v) is 7.07. The van der Waals surface area contributed by atoms with Gasteiger partial charge in [-0.15, -0.1) is 0 Å². The molecule has 3 rings (SSSR count). The van der Waals surface area contributed by atoms with Crippen LogP contribution in [0.2, 0.25) is 0 Å². The molecule has 0 aliphatic carbocycles. The van der Waals surface area contributed by atoms with Crippen LogP contribution in [0.1, 0.15) is 28.4 Å². The number of fused-ring (bicyclic) bond motifs is 1. The van der Waals surface area contributed by atoms with E-state index in [1.807, 2.05) is 11.4 Å². The van der Waals surface area contributed by atoms with Gasteiger partial charge in [-0.1, -0.05) is 17.9 Å². The SMILES string of the molecule is CCOC(=O)Nc1cncc(C#C[C@H](CN2Cc3ccc(OC)cc3C2=O)NC(=O)NC=O)c1. The summed E-state index contributed by atoms with van der Waals surface area (Å²) >= 11 is 0. The average Bonchev–Trinajstić information content (AvgIpc) is 3.12. The van der Waals surface area contributed by atoms with Crippen LogP contribution in [-0.4, -0.2) is 60.6 Å². The molecule has 1 atom stereocenters. The first-order valence-corrected chi connectivity index (χ1v) is 10.3. The number of anilines is 1. The predicted molar refractivity (Wildman–Crippen MR) is 121 cm³/mol. The molecule has 0 saturated heterocycles. The molecule has 0 radical (unpaired) electrons. The van der Waals surface area contributed by atoms with Gasteiger partial charge < -0.3 is 19.7 Å². The van der Waals surface area contributed by atoms with Crippen molar-refractivity contribution in [3.63, 3.8) is 0 Å². The van der Waals surface area contributed by atoms with E-state index in [0.717, 1.165) is 5.56 Å². The number of imide groups is 1. The van der Waals surface area contributed by atoms with E-state index in [2.05, 4.69) is 27.5 Å². The van der Waals surface area contributed by atoms with E-state index < -0.39 is 18.2 Å². The average molecular weight is 465 g/mol. The lowest BCUT2D eigenvalue weighted by molar-refractivity contribution is -0.108. The number of amides is 5. The van der Waals surface area contributed by atoms with Gasteiger partial charge in [0.1, 0.15) is 11.8 Å². The smallest absolute Gasteiger partial charge is 0.411 e. The minimum atomic E-state index is -0.804. The van der Waals surface area contributed by atoms with Gasteiger partial charge in [-0.2, -0.15) is 0 Å². The van der Waals surface area contributed by atoms with Gasteiger partial charge in [0.05, 0.1) is 32.1 Å². The van der Waals surface area contributed by atoms with Crippen LogP contribution in [0.3, 0.4) is 0 Å². The lowest BCUT2D eigenvalue weighted by Gasteiger charge is -2.21. The van der Waals surface area contributed by atoms with Gasteiger partial charge >= 0.3 is 12.1 Å². The number of nitrogens with one attached hydrogen (secondary N) is 3. The van der Waals surface area contributed by atoms with Gasteiger partial charge in [-0.05, 0) is 30.7 Å². The minimum absolute atomic E-state index is 0.0727. The van der Waals surface area contributed by atoms with Crippen molar-refractivity contribution in [1.29, 1.82) is 0 Å². The van der Waals surface area contributed by atoms with Crippen LogP contribution in [-0.2, 0) is 16.1 Å². The van der Waals surface area contributed by atoms with Crippen molar-refractivity contribution in [3.8, 4) is 17.6 Å². The van der Waals surface area contributed by atoms with E-state index in [1.54, 1.807) is 30.0 Å². The second-order valence-electron chi connectivity index (χ2n) is 7.07. The maximum atomic E-state index is 12.9. The first kappa shape index (κ1) is 24.1.